The Morgan fingerprint density at radius 3 is 2.32 bits per heavy atom. The zero-order chi connectivity index (χ0) is 13.5. The SMILES string of the molecule is O=C(O)c1ccc(/C=C/CCc2ccccc2)cc1. The van der Waals surface area contributed by atoms with Gasteiger partial charge in [-0.3, -0.25) is 0 Å². The van der Waals surface area contributed by atoms with Crippen LogP contribution in [0.25, 0.3) is 6.08 Å². The zero-order valence-electron chi connectivity index (χ0n) is 10.6. The smallest absolute Gasteiger partial charge is 0.335 e. The normalized spacial score (nSPS) is 10.7. The van der Waals surface area contributed by atoms with Gasteiger partial charge in [0.15, 0.2) is 0 Å². The van der Waals surface area contributed by atoms with Crippen LogP contribution in [0, 0.1) is 0 Å². The molecule has 0 heterocycles. The van der Waals surface area contributed by atoms with E-state index < -0.39 is 5.97 Å². The number of carboxylic acid groups (broad SMARTS) is 1. The molecule has 2 nitrogen and oxygen atoms in total. The van der Waals surface area contributed by atoms with Crippen LogP contribution < -0.4 is 0 Å². The van der Waals surface area contributed by atoms with Crippen molar-refractivity contribution in [3.63, 3.8) is 0 Å². The Morgan fingerprint density at radius 2 is 1.68 bits per heavy atom. The van der Waals surface area contributed by atoms with Gasteiger partial charge in [0.1, 0.15) is 0 Å². The van der Waals surface area contributed by atoms with Gasteiger partial charge in [0.2, 0.25) is 0 Å². The van der Waals surface area contributed by atoms with Crippen LogP contribution in [-0.2, 0) is 6.42 Å². The van der Waals surface area contributed by atoms with Gasteiger partial charge in [-0.05, 0) is 36.1 Å². The summed E-state index contributed by atoms with van der Waals surface area (Å²) in [6, 6.07) is 17.2. The van der Waals surface area contributed by atoms with E-state index in [1.165, 1.54) is 5.56 Å². The number of hydrogen-bond acceptors (Lipinski definition) is 1. The highest BCUT2D eigenvalue weighted by Gasteiger charge is 1.99. The fourth-order valence-electron chi connectivity index (χ4n) is 1.85. The predicted molar refractivity (Wildman–Crippen MR) is 77.2 cm³/mol. The molecule has 0 radical (unpaired) electrons. The van der Waals surface area contributed by atoms with Gasteiger partial charge in [0, 0.05) is 0 Å². The lowest BCUT2D eigenvalue weighted by Gasteiger charge is -1.98. The van der Waals surface area contributed by atoms with Crippen LogP contribution in [0.15, 0.2) is 60.7 Å². The van der Waals surface area contributed by atoms with E-state index in [0.717, 1.165) is 18.4 Å². The minimum Gasteiger partial charge on any atom is -0.478 e. The molecule has 1 N–H and O–H groups in total. The molecular formula is C17H16O2. The number of aromatic carboxylic acids is 1. The summed E-state index contributed by atoms with van der Waals surface area (Å²) < 4.78 is 0. The van der Waals surface area contributed by atoms with E-state index in [2.05, 4.69) is 18.2 Å². The highest BCUT2D eigenvalue weighted by molar-refractivity contribution is 5.87. The summed E-state index contributed by atoms with van der Waals surface area (Å²) in [7, 11) is 0. The number of carboxylic acids is 1. The largest absolute Gasteiger partial charge is 0.478 e. The molecule has 0 aliphatic rings. The highest BCUT2D eigenvalue weighted by atomic mass is 16.4. The standard InChI is InChI=1S/C17H16O2/c18-17(19)16-12-10-15(11-13-16)9-5-4-8-14-6-2-1-3-7-14/h1-3,5-7,9-13H,4,8H2,(H,18,19)/b9-5+. The number of carbonyl (C=O) groups is 1. The molecule has 0 aromatic heterocycles. The second-order valence-electron chi connectivity index (χ2n) is 4.35. The summed E-state index contributed by atoms with van der Waals surface area (Å²) in [5, 5.41) is 8.80. The van der Waals surface area contributed by atoms with Gasteiger partial charge in [-0.15, -0.1) is 0 Å². The lowest BCUT2D eigenvalue weighted by atomic mass is 10.1. The molecule has 0 aliphatic carbocycles. The first-order valence-corrected chi connectivity index (χ1v) is 6.29. The third kappa shape index (κ3) is 4.11. The first-order chi connectivity index (χ1) is 9.25. The molecule has 0 spiro atoms. The third-order valence-corrected chi connectivity index (χ3v) is 2.91. The van der Waals surface area contributed by atoms with Crippen molar-refractivity contribution in [2.24, 2.45) is 0 Å². The Kier molecular flexibility index (Phi) is 4.51. The fourth-order valence-corrected chi connectivity index (χ4v) is 1.85. The van der Waals surface area contributed by atoms with E-state index >= 15 is 0 Å². The number of benzene rings is 2. The molecule has 0 saturated heterocycles. The first-order valence-electron chi connectivity index (χ1n) is 6.29. The van der Waals surface area contributed by atoms with E-state index in [1.807, 2.05) is 36.4 Å². The highest BCUT2D eigenvalue weighted by Crippen LogP contribution is 2.08. The van der Waals surface area contributed by atoms with E-state index in [-0.39, 0.29) is 0 Å². The second kappa shape index (κ2) is 6.55. The van der Waals surface area contributed by atoms with Crippen molar-refractivity contribution in [3.8, 4) is 0 Å². The molecule has 0 fully saturated rings. The predicted octanol–water partition coefficient (Wildman–Crippen LogP) is 4.03. The summed E-state index contributed by atoms with van der Waals surface area (Å²) in [6.07, 6.45) is 6.13. The number of allylic oxidation sites excluding steroid dienone is 1. The van der Waals surface area contributed by atoms with Crippen molar-refractivity contribution in [1.82, 2.24) is 0 Å². The van der Waals surface area contributed by atoms with Crippen LogP contribution in [0.1, 0.15) is 27.9 Å². The maximum Gasteiger partial charge on any atom is 0.335 e. The number of rotatable bonds is 5. The van der Waals surface area contributed by atoms with E-state index in [4.69, 9.17) is 5.11 Å². The van der Waals surface area contributed by atoms with Crippen molar-refractivity contribution >= 4 is 12.0 Å². The average Bonchev–Trinajstić information content (AvgIpc) is 2.45. The lowest BCUT2D eigenvalue weighted by Crippen LogP contribution is -1.94. The Balaban J connectivity index is 1.87. The van der Waals surface area contributed by atoms with Crippen LogP contribution in [0.3, 0.4) is 0 Å². The van der Waals surface area contributed by atoms with E-state index in [0.29, 0.717) is 5.56 Å². The van der Waals surface area contributed by atoms with Crippen LogP contribution in [0.2, 0.25) is 0 Å². The van der Waals surface area contributed by atoms with Crippen molar-refractivity contribution in [2.75, 3.05) is 0 Å². The molecule has 2 heteroatoms. The zero-order valence-corrected chi connectivity index (χ0v) is 10.6. The monoisotopic (exact) mass is 252 g/mol. The Labute approximate surface area is 113 Å². The Morgan fingerprint density at radius 1 is 1.00 bits per heavy atom. The molecule has 2 rings (SSSR count). The molecule has 0 amide bonds. The summed E-state index contributed by atoms with van der Waals surface area (Å²) in [4.78, 5) is 10.7. The summed E-state index contributed by atoms with van der Waals surface area (Å²) in [6.45, 7) is 0. The molecule has 96 valence electrons. The van der Waals surface area contributed by atoms with Gasteiger partial charge in [-0.2, -0.15) is 0 Å². The molecule has 0 aliphatic heterocycles. The van der Waals surface area contributed by atoms with Gasteiger partial charge in [0.05, 0.1) is 5.56 Å². The summed E-state index contributed by atoms with van der Waals surface area (Å²) in [5.41, 5.74) is 2.67. The van der Waals surface area contributed by atoms with Crippen LogP contribution in [0.4, 0.5) is 0 Å². The van der Waals surface area contributed by atoms with Crippen molar-refractivity contribution in [2.45, 2.75) is 12.8 Å². The van der Waals surface area contributed by atoms with E-state index in [1.54, 1.807) is 12.1 Å². The molecule has 0 unspecified atom stereocenters. The quantitative estimate of drug-likeness (QED) is 0.872. The topological polar surface area (TPSA) is 37.3 Å². The summed E-state index contributed by atoms with van der Waals surface area (Å²) in [5.74, 6) is -0.889. The number of hydrogen-bond donors (Lipinski definition) is 1. The second-order valence-corrected chi connectivity index (χ2v) is 4.35. The van der Waals surface area contributed by atoms with Gasteiger partial charge < -0.3 is 5.11 Å². The van der Waals surface area contributed by atoms with Crippen LogP contribution in [0.5, 0.6) is 0 Å². The maximum absolute atomic E-state index is 10.7. The van der Waals surface area contributed by atoms with Crippen LogP contribution in [-0.4, -0.2) is 11.1 Å². The van der Waals surface area contributed by atoms with Crippen molar-refractivity contribution < 1.29 is 9.90 Å². The summed E-state index contributed by atoms with van der Waals surface area (Å²) >= 11 is 0. The molecule has 0 bridgehead atoms. The molecule has 0 saturated carbocycles. The van der Waals surface area contributed by atoms with Crippen molar-refractivity contribution in [3.05, 3.63) is 77.4 Å². The van der Waals surface area contributed by atoms with Gasteiger partial charge in [-0.1, -0.05) is 54.6 Å². The van der Waals surface area contributed by atoms with Gasteiger partial charge in [0.25, 0.3) is 0 Å². The lowest BCUT2D eigenvalue weighted by molar-refractivity contribution is 0.0697. The fraction of sp³-hybridized carbons (Fsp3) is 0.118. The van der Waals surface area contributed by atoms with Gasteiger partial charge >= 0.3 is 5.97 Å². The molecule has 0 atom stereocenters. The number of aryl methyl sites for hydroxylation is 1. The Bertz CT molecular complexity index is 554. The van der Waals surface area contributed by atoms with E-state index in [9.17, 15) is 4.79 Å². The van der Waals surface area contributed by atoms with Crippen molar-refractivity contribution in [1.29, 1.82) is 0 Å². The first kappa shape index (κ1) is 13.1. The minimum atomic E-state index is -0.889. The molecule has 2 aromatic rings. The average molecular weight is 252 g/mol. The Hall–Kier alpha value is -2.35. The molecular weight excluding hydrogens is 236 g/mol. The minimum absolute atomic E-state index is 0.321. The van der Waals surface area contributed by atoms with Crippen LogP contribution >= 0.6 is 0 Å². The molecule has 19 heavy (non-hydrogen) atoms. The van der Waals surface area contributed by atoms with Gasteiger partial charge in [-0.25, -0.2) is 4.79 Å². The maximum atomic E-state index is 10.7. The molecule has 2 aromatic carbocycles. The third-order valence-electron chi connectivity index (χ3n) is 2.91.